The van der Waals surface area contributed by atoms with Gasteiger partial charge < -0.3 is 14.7 Å². The molecule has 3 aliphatic heterocycles. The van der Waals surface area contributed by atoms with Crippen LogP contribution in [0.25, 0.3) is 0 Å². The van der Waals surface area contributed by atoms with Gasteiger partial charge in [0.15, 0.2) is 6.61 Å². The summed E-state index contributed by atoms with van der Waals surface area (Å²) in [6.07, 6.45) is -0.643. The van der Waals surface area contributed by atoms with Gasteiger partial charge in [0.1, 0.15) is 12.6 Å². The Morgan fingerprint density at radius 3 is 2.48 bits per heavy atom. The SMILES string of the molecule is COCC1=[N+](CC(O)CN2CCN(C)CC2)C2C(=O)N(C)C(=O)N(C)C2=N1. The lowest BCUT2D eigenvalue weighted by atomic mass is 10.1. The van der Waals surface area contributed by atoms with Crippen LogP contribution in [0, 0.1) is 0 Å². The van der Waals surface area contributed by atoms with Gasteiger partial charge in [0.2, 0.25) is 0 Å². The van der Waals surface area contributed by atoms with Crippen molar-refractivity contribution in [1.29, 1.82) is 0 Å². The minimum absolute atomic E-state index is 0.209. The molecule has 2 unspecified atom stereocenters. The van der Waals surface area contributed by atoms with Gasteiger partial charge in [-0.3, -0.25) is 19.5 Å². The van der Waals surface area contributed by atoms with Gasteiger partial charge in [0.25, 0.3) is 17.8 Å². The fraction of sp³-hybridized carbons (Fsp3) is 0.765. The average molecular weight is 381 g/mol. The normalized spacial score (nSPS) is 26.0. The third kappa shape index (κ3) is 3.88. The number of nitrogens with zero attached hydrogens (tertiary/aromatic N) is 6. The first-order valence-corrected chi connectivity index (χ1v) is 9.17. The van der Waals surface area contributed by atoms with Crippen molar-refractivity contribution in [3.63, 3.8) is 0 Å². The van der Waals surface area contributed by atoms with Gasteiger partial charge >= 0.3 is 11.9 Å². The van der Waals surface area contributed by atoms with Gasteiger partial charge in [-0.1, -0.05) is 0 Å². The van der Waals surface area contributed by atoms with Crippen LogP contribution < -0.4 is 0 Å². The van der Waals surface area contributed by atoms with E-state index in [4.69, 9.17) is 4.74 Å². The number of β-amino-alcohol motifs (C(OH)–C–C–N with tert-alkyl or cyclic N) is 1. The molecule has 2 fully saturated rings. The second-order valence-corrected chi connectivity index (χ2v) is 7.37. The number of piperazine rings is 1. The zero-order valence-corrected chi connectivity index (χ0v) is 16.5. The molecule has 0 radical (unpaired) electrons. The summed E-state index contributed by atoms with van der Waals surface area (Å²) in [6.45, 7) is 4.77. The number of aliphatic hydroxyl groups excluding tert-OH is 1. The number of hydrogen-bond acceptors (Lipinski definition) is 7. The molecular formula is C17H29N6O4+. The van der Waals surface area contributed by atoms with Crippen LogP contribution in [-0.2, 0) is 9.53 Å². The van der Waals surface area contributed by atoms with Gasteiger partial charge in [-0.25, -0.2) is 9.37 Å². The van der Waals surface area contributed by atoms with Crippen molar-refractivity contribution >= 4 is 23.6 Å². The molecule has 3 aliphatic rings. The highest BCUT2D eigenvalue weighted by Crippen LogP contribution is 2.19. The highest BCUT2D eigenvalue weighted by molar-refractivity contribution is 6.22. The maximum atomic E-state index is 12.7. The number of carbonyl (C=O) groups is 2. The first-order valence-electron chi connectivity index (χ1n) is 9.17. The molecule has 0 aliphatic carbocycles. The second-order valence-electron chi connectivity index (χ2n) is 7.37. The molecule has 2 saturated heterocycles. The molecule has 150 valence electrons. The van der Waals surface area contributed by atoms with Gasteiger partial charge in [-0.2, -0.15) is 0 Å². The molecule has 0 spiro atoms. The van der Waals surface area contributed by atoms with E-state index in [-0.39, 0.29) is 19.1 Å². The lowest BCUT2D eigenvalue weighted by molar-refractivity contribution is -0.545. The second kappa shape index (κ2) is 8.01. The number of fused-ring (bicyclic) bond motifs is 1. The smallest absolute Gasteiger partial charge is 0.333 e. The van der Waals surface area contributed by atoms with E-state index in [1.54, 1.807) is 18.7 Å². The molecule has 0 bridgehead atoms. The zero-order chi connectivity index (χ0) is 19.7. The number of methoxy groups -OCH3 is 1. The van der Waals surface area contributed by atoms with Crippen molar-refractivity contribution < 1.29 is 24.0 Å². The summed E-state index contributed by atoms with van der Waals surface area (Å²) in [5.41, 5.74) is 0. The van der Waals surface area contributed by atoms with Gasteiger partial charge in [0, 0.05) is 53.9 Å². The van der Waals surface area contributed by atoms with Crippen molar-refractivity contribution in [2.75, 3.05) is 74.1 Å². The van der Waals surface area contributed by atoms with Crippen LogP contribution in [0.3, 0.4) is 0 Å². The number of carbonyl (C=O) groups excluding carboxylic acids is 2. The number of imide groups is 1. The number of likely N-dealkylation sites (N-methyl/N-ethyl adjacent to an activating group) is 3. The molecule has 3 heterocycles. The largest absolute Gasteiger partial charge is 0.388 e. The number of aliphatic imine (C=N–C) groups is 1. The van der Waals surface area contributed by atoms with Crippen molar-refractivity contribution in [1.82, 2.24) is 19.6 Å². The molecule has 0 aromatic rings. The Hall–Kier alpha value is -1.88. The quantitative estimate of drug-likeness (QED) is 0.533. The molecule has 3 rings (SSSR count). The fourth-order valence-electron chi connectivity index (χ4n) is 3.72. The van der Waals surface area contributed by atoms with E-state index in [1.165, 1.54) is 11.9 Å². The molecule has 3 amide bonds. The lowest BCUT2D eigenvalue weighted by Crippen LogP contribution is -2.62. The predicted octanol–water partition coefficient (Wildman–Crippen LogP) is -2.04. The predicted molar refractivity (Wildman–Crippen MR) is 99.1 cm³/mol. The Labute approximate surface area is 159 Å². The maximum Gasteiger partial charge on any atom is 0.333 e. The summed E-state index contributed by atoms with van der Waals surface area (Å²) < 4.78 is 6.98. The van der Waals surface area contributed by atoms with E-state index < -0.39 is 18.2 Å². The maximum absolute atomic E-state index is 12.7. The number of aliphatic hydroxyl groups is 1. The number of ether oxygens (including phenoxy) is 1. The molecular weight excluding hydrogens is 352 g/mol. The molecule has 0 aromatic heterocycles. The third-order valence-electron chi connectivity index (χ3n) is 5.36. The minimum atomic E-state index is -0.704. The number of amidine groups is 2. The van der Waals surface area contributed by atoms with Crippen molar-refractivity contribution in [3.05, 3.63) is 0 Å². The molecule has 0 aromatic carbocycles. The van der Waals surface area contributed by atoms with Crippen molar-refractivity contribution in [2.24, 2.45) is 4.99 Å². The van der Waals surface area contributed by atoms with Crippen LogP contribution in [0.1, 0.15) is 0 Å². The van der Waals surface area contributed by atoms with E-state index >= 15 is 0 Å². The molecule has 2 atom stereocenters. The van der Waals surface area contributed by atoms with Gasteiger partial charge in [-0.05, 0) is 12.0 Å². The van der Waals surface area contributed by atoms with Crippen molar-refractivity contribution in [3.8, 4) is 0 Å². The molecule has 10 nitrogen and oxygen atoms in total. The standard InChI is InChI=1S/C17H29N6O4/c1-19-5-7-22(8-6-19)9-12(24)10-23-13(11-27-4)18-15-14(23)16(25)21(3)17(26)20(15)2/h12,14,24H,5-11H2,1-4H3/q+1. The van der Waals surface area contributed by atoms with Crippen LogP contribution in [0.4, 0.5) is 4.79 Å². The number of rotatable bonds is 6. The summed E-state index contributed by atoms with van der Waals surface area (Å²) in [6, 6.07) is -1.11. The van der Waals surface area contributed by atoms with Gasteiger partial charge in [-0.15, -0.1) is 0 Å². The average Bonchev–Trinajstić information content (AvgIpc) is 2.99. The number of hydrogen-bond donors (Lipinski definition) is 1. The van der Waals surface area contributed by atoms with Crippen LogP contribution in [0.5, 0.6) is 0 Å². The highest BCUT2D eigenvalue weighted by Gasteiger charge is 2.53. The molecule has 1 N–H and O–H groups in total. The Morgan fingerprint density at radius 1 is 1.19 bits per heavy atom. The van der Waals surface area contributed by atoms with E-state index in [0.29, 0.717) is 18.2 Å². The Balaban J connectivity index is 1.75. The van der Waals surface area contributed by atoms with Crippen LogP contribution in [0.15, 0.2) is 4.99 Å². The minimum Gasteiger partial charge on any atom is -0.388 e. The summed E-state index contributed by atoms with van der Waals surface area (Å²) in [7, 11) is 6.71. The Kier molecular flexibility index (Phi) is 5.89. The van der Waals surface area contributed by atoms with E-state index in [9.17, 15) is 14.7 Å². The lowest BCUT2D eigenvalue weighted by Gasteiger charge is -2.34. The number of urea groups is 1. The summed E-state index contributed by atoms with van der Waals surface area (Å²) in [5.74, 6) is 0.606. The first-order chi connectivity index (χ1) is 12.8. The Morgan fingerprint density at radius 2 is 1.85 bits per heavy atom. The summed E-state index contributed by atoms with van der Waals surface area (Å²) in [4.78, 5) is 36.4. The summed E-state index contributed by atoms with van der Waals surface area (Å²) in [5, 5.41) is 10.7. The van der Waals surface area contributed by atoms with Gasteiger partial charge in [0.05, 0.1) is 0 Å². The first kappa shape index (κ1) is 19.9. The van der Waals surface area contributed by atoms with Crippen molar-refractivity contribution in [2.45, 2.75) is 12.1 Å². The topological polar surface area (TPSA) is 91.9 Å². The molecule has 10 heteroatoms. The monoisotopic (exact) mass is 381 g/mol. The molecule has 27 heavy (non-hydrogen) atoms. The fourth-order valence-corrected chi connectivity index (χ4v) is 3.72. The highest BCUT2D eigenvalue weighted by atomic mass is 16.5. The van der Waals surface area contributed by atoms with Crippen LogP contribution in [-0.4, -0.2) is 139 Å². The summed E-state index contributed by atoms with van der Waals surface area (Å²) >= 11 is 0. The third-order valence-corrected chi connectivity index (χ3v) is 5.36. The Bertz CT molecular complexity index is 670. The van der Waals surface area contributed by atoms with E-state index in [2.05, 4.69) is 21.8 Å². The van der Waals surface area contributed by atoms with E-state index in [0.717, 1.165) is 31.1 Å². The van der Waals surface area contributed by atoms with Crippen LogP contribution in [0.2, 0.25) is 0 Å². The zero-order valence-electron chi connectivity index (χ0n) is 16.5. The number of amides is 3. The van der Waals surface area contributed by atoms with Crippen LogP contribution >= 0.6 is 0 Å². The van der Waals surface area contributed by atoms with E-state index in [1.807, 2.05) is 0 Å². The molecule has 0 saturated carbocycles.